The normalized spacial score (nSPS) is 10.4. The van der Waals surface area contributed by atoms with Crippen molar-refractivity contribution in [2.45, 2.75) is 13.1 Å². The summed E-state index contributed by atoms with van der Waals surface area (Å²) in [5.74, 6) is 0.424. The molecule has 0 aliphatic heterocycles. The van der Waals surface area contributed by atoms with Gasteiger partial charge in [-0.25, -0.2) is 4.79 Å². The van der Waals surface area contributed by atoms with E-state index >= 15 is 0 Å². The first-order chi connectivity index (χ1) is 11.2. The summed E-state index contributed by atoms with van der Waals surface area (Å²) in [4.78, 5) is 27.0. The molecule has 0 aliphatic rings. The highest BCUT2D eigenvalue weighted by atomic mass is 16.2. The first kappa shape index (κ1) is 14.8. The largest absolute Gasteiger partial charge is 0.367 e. The molecule has 23 heavy (non-hydrogen) atoms. The van der Waals surface area contributed by atoms with Crippen molar-refractivity contribution in [2.24, 2.45) is 0 Å². The minimum atomic E-state index is -0.420. The van der Waals surface area contributed by atoms with Gasteiger partial charge in [0, 0.05) is 12.6 Å². The summed E-state index contributed by atoms with van der Waals surface area (Å²) in [5.41, 5.74) is 1.23. The summed E-state index contributed by atoms with van der Waals surface area (Å²) in [6.45, 7) is 0.799. The van der Waals surface area contributed by atoms with Gasteiger partial charge in [0.15, 0.2) is 0 Å². The van der Waals surface area contributed by atoms with Crippen molar-refractivity contribution >= 4 is 5.82 Å². The number of nitrogens with one attached hydrogen (secondary N) is 2. The summed E-state index contributed by atoms with van der Waals surface area (Å²) in [7, 11) is 0. The molecule has 5 heteroatoms. The third-order valence-corrected chi connectivity index (χ3v) is 3.53. The van der Waals surface area contributed by atoms with Crippen LogP contribution < -0.4 is 16.6 Å². The molecule has 0 amide bonds. The van der Waals surface area contributed by atoms with Crippen molar-refractivity contribution < 1.29 is 0 Å². The molecule has 0 saturated heterocycles. The van der Waals surface area contributed by atoms with E-state index in [2.05, 4.69) is 10.3 Å². The summed E-state index contributed by atoms with van der Waals surface area (Å²) in [6.07, 6.45) is 0. The van der Waals surface area contributed by atoms with Crippen LogP contribution in [-0.4, -0.2) is 9.55 Å². The van der Waals surface area contributed by atoms with Gasteiger partial charge in [0.05, 0.1) is 6.54 Å². The predicted molar refractivity (Wildman–Crippen MR) is 90.6 cm³/mol. The Kier molecular flexibility index (Phi) is 4.38. The average molecular weight is 307 g/mol. The van der Waals surface area contributed by atoms with Gasteiger partial charge in [-0.05, 0) is 11.1 Å². The molecule has 0 atom stereocenters. The Morgan fingerprint density at radius 1 is 0.870 bits per heavy atom. The van der Waals surface area contributed by atoms with E-state index in [1.807, 2.05) is 60.7 Å². The third kappa shape index (κ3) is 3.77. The van der Waals surface area contributed by atoms with Crippen LogP contribution in [0, 0.1) is 0 Å². The van der Waals surface area contributed by atoms with Crippen LogP contribution in [0.25, 0.3) is 0 Å². The van der Waals surface area contributed by atoms with Crippen LogP contribution in [0.5, 0.6) is 0 Å². The smallest absolute Gasteiger partial charge is 0.330 e. The fourth-order valence-corrected chi connectivity index (χ4v) is 2.32. The van der Waals surface area contributed by atoms with Crippen LogP contribution in [0.4, 0.5) is 5.82 Å². The molecular weight excluding hydrogens is 290 g/mol. The maximum atomic E-state index is 12.2. The number of anilines is 1. The number of aromatic amines is 1. The Hall–Kier alpha value is -3.08. The van der Waals surface area contributed by atoms with Crippen molar-refractivity contribution in [2.75, 3.05) is 5.32 Å². The van der Waals surface area contributed by atoms with Crippen molar-refractivity contribution in [3.63, 3.8) is 0 Å². The Morgan fingerprint density at radius 2 is 1.48 bits per heavy atom. The van der Waals surface area contributed by atoms with Crippen LogP contribution in [0.3, 0.4) is 0 Å². The van der Waals surface area contributed by atoms with E-state index in [1.54, 1.807) is 0 Å². The number of H-pyrrole nitrogens is 1. The lowest BCUT2D eigenvalue weighted by atomic mass is 10.2. The van der Waals surface area contributed by atoms with Crippen molar-refractivity contribution in [1.82, 2.24) is 9.55 Å². The second-order valence-electron chi connectivity index (χ2n) is 5.24. The van der Waals surface area contributed by atoms with Crippen LogP contribution in [0.2, 0.25) is 0 Å². The Bertz CT molecular complexity index is 852. The fraction of sp³-hybridized carbons (Fsp3) is 0.111. The molecule has 3 rings (SSSR count). The number of nitrogens with zero attached hydrogens (tertiary/aromatic N) is 1. The molecule has 5 nitrogen and oxygen atoms in total. The van der Waals surface area contributed by atoms with Gasteiger partial charge in [-0.3, -0.25) is 14.3 Å². The van der Waals surface area contributed by atoms with Crippen molar-refractivity contribution in [3.05, 3.63) is 98.7 Å². The van der Waals surface area contributed by atoms with Gasteiger partial charge in [-0.2, -0.15) is 0 Å². The van der Waals surface area contributed by atoms with E-state index in [0.717, 1.165) is 11.1 Å². The minimum absolute atomic E-state index is 0.258. The highest BCUT2D eigenvalue weighted by Crippen LogP contribution is 2.03. The summed E-state index contributed by atoms with van der Waals surface area (Å²) in [6, 6.07) is 20.6. The maximum Gasteiger partial charge on any atom is 0.330 e. The van der Waals surface area contributed by atoms with Gasteiger partial charge < -0.3 is 5.32 Å². The van der Waals surface area contributed by atoms with Crippen LogP contribution in [-0.2, 0) is 13.1 Å². The molecule has 0 aliphatic carbocycles. The molecule has 1 aromatic heterocycles. The quantitative estimate of drug-likeness (QED) is 0.759. The van der Waals surface area contributed by atoms with Crippen LogP contribution in [0.1, 0.15) is 11.1 Å². The molecule has 3 aromatic rings. The Morgan fingerprint density at radius 3 is 2.09 bits per heavy atom. The molecule has 0 fully saturated rings. The number of rotatable bonds is 5. The standard InChI is InChI=1S/C18H17N3O2/c22-17-11-16(19-12-14-7-3-1-4-8-14)20-18(23)21(17)13-15-9-5-2-6-10-15/h1-11,19H,12-13H2,(H,20,23). The lowest BCUT2D eigenvalue weighted by Crippen LogP contribution is -2.35. The highest BCUT2D eigenvalue weighted by molar-refractivity contribution is 5.34. The summed E-state index contributed by atoms with van der Waals surface area (Å²) in [5, 5.41) is 3.06. The second-order valence-corrected chi connectivity index (χ2v) is 5.24. The average Bonchev–Trinajstić information content (AvgIpc) is 2.58. The summed E-state index contributed by atoms with van der Waals surface area (Å²) < 4.78 is 1.18. The van der Waals surface area contributed by atoms with Crippen molar-refractivity contribution in [3.8, 4) is 0 Å². The summed E-state index contributed by atoms with van der Waals surface area (Å²) >= 11 is 0. The van der Waals surface area contributed by atoms with E-state index in [0.29, 0.717) is 12.4 Å². The minimum Gasteiger partial charge on any atom is -0.367 e. The van der Waals surface area contributed by atoms with Gasteiger partial charge in [0.25, 0.3) is 5.56 Å². The molecule has 0 spiro atoms. The Labute approximate surface area is 133 Å². The molecule has 0 bridgehead atoms. The van der Waals surface area contributed by atoms with E-state index < -0.39 is 5.69 Å². The topological polar surface area (TPSA) is 66.9 Å². The van der Waals surface area contributed by atoms with E-state index in [4.69, 9.17) is 0 Å². The van der Waals surface area contributed by atoms with Crippen LogP contribution >= 0.6 is 0 Å². The molecule has 1 heterocycles. The molecule has 0 unspecified atom stereocenters. The fourth-order valence-electron chi connectivity index (χ4n) is 2.32. The van der Waals surface area contributed by atoms with Gasteiger partial charge in [0.2, 0.25) is 0 Å². The second kappa shape index (κ2) is 6.79. The van der Waals surface area contributed by atoms with E-state index in [-0.39, 0.29) is 12.1 Å². The lowest BCUT2D eigenvalue weighted by molar-refractivity contribution is 0.700. The zero-order valence-corrected chi connectivity index (χ0v) is 12.5. The van der Waals surface area contributed by atoms with Gasteiger partial charge in [0.1, 0.15) is 5.82 Å². The Balaban J connectivity index is 1.78. The van der Waals surface area contributed by atoms with Crippen molar-refractivity contribution in [1.29, 1.82) is 0 Å². The van der Waals surface area contributed by atoms with E-state index in [1.165, 1.54) is 10.6 Å². The molecule has 0 radical (unpaired) electrons. The number of hydrogen-bond acceptors (Lipinski definition) is 3. The molecule has 116 valence electrons. The molecular formula is C18H17N3O2. The first-order valence-corrected chi connectivity index (χ1v) is 7.38. The highest BCUT2D eigenvalue weighted by Gasteiger charge is 2.05. The van der Waals surface area contributed by atoms with Gasteiger partial charge >= 0.3 is 5.69 Å². The number of benzene rings is 2. The number of aromatic nitrogens is 2. The molecule has 2 aromatic carbocycles. The van der Waals surface area contributed by atoms with Gasteiger partial charge in [-0.1, -0.05) is 60.7 Å². The van der Waals surface area contributed by atoms with Gasteiger partial charge in [-0.15, -0.1) is 0 Å². The number of hydrogen-bond donors (Lipinski definition) is 2. The maximum absolute atomic E-state index is 12.2. The first-order valence-electron chi connectivity index (χ1n) is 7.38. The van der Waals surface area contributed by atoms with E-state index in [9.17, 15) is 9.59 Å². The molecule has 2 N–H and O–H groups in total. The van der Waals surface area contributed by atoms with Crippen LogP contribution in [0.15, 0.2) is 76.3 Å². The SMILES string of the molecule is O=c1cc(NCc2ccccc2)[nH]c(=O)n1Cc1ccccc1. The predicted octanol–water partition coefficient (Wildman–Crippen LogP) is 2.20. The zero-order chi connectivity index (χ0) is 16.1. The lowest BCUT2D eigenvalue weighted by Gasteiger charge is -2.09. The third-order valence-electron chi connectivity index (χ3n) is 3.53. The molecule has 0 saturated carbocycles. The zero-order valence-electron chi connectivity index (χ0n) is 12.5. The monoisotopic (exact) mass is 307 g/mol.